The van der Waals surface area contributed by atoms with Gasteiger partial charge in [-0.1, -0.05) is 26.7 Å². The van der Waals surface area contributed by atoms with Crippen LogP contribution in [0.3, 0.4) is 0 Å². The summed E-state index contributed by atoms with van der Waals surface area (Å²) in [5.41, 5.74) is 4.76. The quantitative estimate of drug-likeness (QED) is 0.522. The van der Waals surface area contributed by atoms with Crippen LogP contribution in [0.2, 0.25) is 0 Å². The highest BCUT2D eigenvalue weighted by Gasteiger charge is 2.31. The van der Waals surface area contributed by atoms with E-state index in [1.54, 1.807) is 17.7 Å². The number of nitrogens with one attached hydrogen (secondary N) is 1. The molecule has 1 aliphatic rings. The number of rotatable bonds is 7. The molecule has 0 amide bonds. The molecule has 4 rings (SSSR count). The van der Waals surface area contributed by atoms with Crippen molar-refractivity contribution in [3.63, 3.8) is 0 Å². The second kappa shape index (κ2) is 7.91. The maximum absolute atomic E-state index is 6.16. The first-order valence-electron chi connectivity index (χ1n) is 10.5. The van der Waals surface area contributed by atoms with Gasteiger partial charge < -0.3 is 10.1 Å². The Balaban J connectivity index is 1.90. The van der Waals surface area contributed by atoms with E-state index in [-0.39, 0.29) is 5.60 Å². The zero-order chi connectivity index (χ0) is 19.7. The topological polar surface area (TPSA) is 59.9 Å². The first-order chi connectivity index (χ1) is 13.5. The Morgan fingerprint density at radius 3 is 2.75 bits per heavy atom. The molecule has 0 unspecified atom stereocenters. The van der Waals surface area contributed by atoms with Crippen LogP contribution in [-0.4, -0.2) is 27.1 Å². The Bertz CT molecular complexity index is 995. The number of fused-ring (bicyclic) bond motifs is 5. The van der Waals surface area contributed by atoms with Crippen LogP contribution in [0.1, 0.15) is 70.2 Å². The fraction of sp³-hybridized carbons (Fsp3) is 0.591. The van der Waals surface area contributed by atoms with E-state index in [0.29, 0.717) is 6.61 Å². The molecule has 0 saturated heterocycles. The molecule has 0 radical (unpaired) electrons. The van der Waals surface area contributed by atoms with Gasteiger partial charge in [-0.2, -0.15) is 0 Å². The van der Waals surface area contributed by atoms with Crippen molar-refractivity contribution in [2.45, 2.75) is 78.4 Å². The van der Waals surface area contributed by atoms with Crippen molar-refractivity contribution < 1.29 is 4.74 Å². The average molecular weight is 399 g/mol. The zero-order valence-corrected chi connectivity index (χ0v) is 18.2. The van der Waals surface area contributed by atoms with Gasteiger partial charge in [0, 0.05) is 29.6 Å². The van der Waals surface area contributed by atoms with Crippen molar-refractivity contribution in [2.75, 3.05) is 11.9 Å². The fourth-order valence-corrected chi connectivity index (χ4v) is 5.08. The minimum atomic E-state index is -0.160. The van der Waals surface area contributed by atoms with Gasteiger partial charge in [-0.05, 0) is 38.7 Å². The third-order valence-electron chi connectivity index (χ3n) is 5.50. The van der Waals surface area contributed by atoms with Gasteiger partial charge in [0.05, 0.1) is 22.4 Å². The van der Waals surface area contributed by atoms with Crippen molar-refractivity contribution in [1.29, 1.82) is 0 Å². The molecular formula is C22H30N4OS. The van der Waals surface area contributed by atoms with Gasteiger partial charge in [0.2, 0.25) is 0 Å². The minimum Gasteiger partial charge on any atom is -0.370 e. The van der Waals surface area contributed by atoms with E-state index in [1.165, 1.54) is 35.0 Å². The lowest BCUT2D eigenvalue weighted by atomic mass is 9.88. The molecule has 0 fully saturated rings. The molecule has 0 spiro atoms. The van der Waals surface area contributed by atoms with Crippen molar-refractivity contribution in [1.82, 2.24) is 15.0 Å². The first kappa shape index (κ1) is 19.5. The Morgan fingerprint density at radius 2 is 1.96 bits per heavy atom. The lowest BCUT2D eigenvalue weighted by molar-refractivity contribution is -0.0401. The summed E-state index contributed by atoms with van der Waals surface area (Å²) in [5.74, 6) is 0.941. The molecule has 5 nitrogen and oxygen atoms in total. The maximum Gasteiger partial charge on any atom is 0.147 e. The second-order valence-corrected chi connectivity index (χ2v) is 9.31. The van der Waals surface area contributed by atoms with Crippen molar-refractivity contribution in [3.05, 3.63) is 23.1 Å². The Labute approximate surface area is 170 Å². The Morgan fingerprint density at radius 1 is 1.14 bits per heavy atom. The van der Waals surface area contributed by atoms with Crippen LogP contribution in [-0.2, 0) is 24.2 Å². The number of pyridine rings is 1. The van der Waals surface area contributed by atoms with E-state index in [4.69, 9.17) is 9.72 Å². The summed E-state index contributed by atoms with van der Waals surface area (Å²) in [5, 5.41) is 4.72. The van der Waals surface area contributed by atoms with Gasteiger partial charge in [0.15, 0.2) is 0 Å². The molecule has 3 aromatic rings. The fourth-order valence-electron chi connectivity index (χ4n) is 3.93. The van der Waals surface area contributed by atoms with Gasteiger partial charge in [-0.3, -0.25) is 0 Å². The second-order valence-electron chi connectivity index (χ2n) is 8.31. The summed E-state index contributed by atoms with van der Waals surface area (Å²) in [6.45, 7) is 10.4. The molecular weight excluding hydrogens is 368 g/mol. The van der Waals surface area contributed by atoms with Gasteiger partial charge in [0.1, 0.15) is 17.0 Å². The number of ether oxygens (including phenoxy) is 1. The molecule has 3 aromatic heterocycles. The summed E-state index contributed by atoms with van der Waals surface area (Å²) in [6, 6.07) is 0. The lowest BCUT2D eigenvalue weighted by Crippen LogP contribution is -2.32. The highest BCUT2D eigenvalue weighted by atomic mass is 32.1. The van der Waals surface area contributed by atoms with Gasteiger partial charge in [-0.15, -0.1) is 11.3 Å². The first-order valence-corrected chi connectivity index (χ1v) is 11.3. The standard InChI is InChI=1S/C22H30N4OS/c1-5-7-9-16-15-12-27-22(3,4)11-14(15)17-18-19(28-21(17)26-16)20(25-13-24-18)23-10-8-6-2/h13H,5-12H2,1-4H3,(H,23,24,25). The number of anilines is 1. The number of unbranched alkanes of at least 4 members (excludes halogenated alkanes) is 2. The summed E-state index contributed by atoms with van der Waals surface area (Å²) in [6.07, 6.45) is 8.22. The van der Waals surface area contributed by atoms with Crippen molar-refractivity contribution in [3.8, 4) is 0 Å². The van der Waals surface area contributed by atoms with Gasteiger partial charge in [0.25, 0.3) is 0 Å². The predicted molar refractivity (Wildman–Crippen MR) is 117 cm³/mol. The zero-order valence-electron chi connectivity index (χ0n) is 17.4. The molecule has 0 aromatic carbocycles. The van der Waals surface area contributed by atoms with Crippen LogP contribution in [0.5, 0.6) is 0 Å². The van der Waals surface area contributed by atoms with Crippen LogP contribution in [0.15, 0.2) is 6.33 Å². The van der Waals surface area contributed by atoms with Crippen LogP contribution in [0.25, 0.3) is 20.4 Å². The lowest BCUT2D eigenvalue weighted by Gasteiger charge is -2.33. The van der Waals surface area contributed by atoms with Crippen LogP contribution in [0.4, 0.5) is 5.82 Å². The van der Waals surface area contributed by atoms with Crippen molar-refractivity contribution in [2.24, 2.45) is 0 Å². The maximum atomic E-state index is 6.16. The van der Waals surface area contributed by atoms with Crippen LogP contribution in [0, 0.1) is 0 Å². The molecule has 0 bridgehead atoms. The Hall–Kier alpha value is -1.79. The smallest absolute Gasteiger partial charge is 0.147 e. The van der Waals surface area contributed by atoms with E-state index in [0.717, 1.165) is 53.1 Å². The average Bonchev–Trinajstić information content (AvgIpc) is 3.05. The van der Waals surface area contributed by atoms with Gasteiger partial charge in [-0.25, -0.2) is 15.0 Å². The summed E-state index contributed by atoms with van der Waals surface area (Å²) < 4.78 is 7.28. The van der Waals surface area contributed by atoms with E-state index >= 15 is 0 Å². The summed E-state index contributed by atoms with van der Waals surface area (Å²) in [7, 11) is 0. The monoisotopic (exact) mass is 398 g/mol. The summed E-state index contributed by atoms with van der Waals surface area (Å²) in [4.78, 5) is 15.4. The largest absolute Gasteiger partial charge is 0.370 e. The van der Waals surface area contributed by atoms with E-state index in [9.17, 15) is 0 Å². The van der Waals surface area contributed by atoms with Crippen LogP contribution < -0.4 is 5.32 Å². The Kier molecular flexibility index (Phi) is 5.52. The number of hydrogen-bond acceptors (Lipinski definition) is 6. The van der Waals surface area contributed by atoms with Crippen LogP contribution >= 0.6 is 11.3 Å². The minimum absolute atomic E-state index is 0.160. The highest BCUT2D eigenvalue weighted by Crippen LogP contribution is 2.42. The number of hydrogen-bond donors (Lipinski definition) is 1. The van der Waals surface area contributed by atoms with Gasteiger partial charge >= 0.3 is 0 Å². The highest BCUT2D eigenvalue weighted by molar-refractivity contribution is 7.26. The molecule has 28 heavy (non-hydrogen) atoms. The van der Waals surface area contributed by atoms with Crippen molar-refractivity contribution >= 4 is 37.6 Å². The third kappa shape index (κ3) is 3.60. The van der Waals surface area contributed by atoms with E-state index < -0.39 is 0 Å². The predicted octanol–water partition coefficient (Wildman–Crippen LogP) is 5.65. The SMILES string of the molecule is CCCCNc1ncnc2c1sc1nc(CCCC)c3c(c12)CC(C)(C)OC3. The number of thiophene rings is 1. The number of nitrogens with zero attached hydrogens (tertiary/aromatic N) is 3. The summed E-state index contributed by atoms with van der Waals surface area (Å²) >= 11 is 1.73. The molecule has 6 heteroatoms. The number of aromatic nitrogens is 3. The number of aryl methyl sites for hydroxylation is 1. The molecule has 150 valence electrons. The molecule has 1 aliphatic heterocycles. The molecule has 0 atom stereocenters. The van der Waals surface area contributed by atoms with E-state index in [1.807, 2.05) is 0 Å². The molecule has 0 aliphatic carbocycles. The third-order valence-corrected chi connectivity index (χ3v) is 6.58. The molecule has 4 heterocycles. The normalized spacial score (nSPS) is 15.9. The molecule has 1 N–H and O–H groups in total. The van der Waals surface area contributed by atoms with E-state index in [2.05, 4.69) is 43.0 Å². The molecule has 0 saturated carbocycles.